The normalized spacial score (nSPS) is 35.2. The number of anilines is 1. The molecule has 37 heavy (non-hydrogen) atoms. The van der Waals surface area contributed by atoms with Crippen molar-refractivity contribution >= 4 is 11.7 Å². The van der Waals surface area contributed by atoms with E-state index in [0.717, 1.165) is 52.5 Å². The molecule has 5 aliphatic rings. The number of ether oxygens (including phenoxy) is 5. The van der Waals surface area contributed by atoms with Crippen LogP contribution in [0.15, 0.2) is 24.3 Å². The molecule has 5 heterocycles. The van der Waals surface area contributed by atoms with E-state index in [1.54, 1.807) is 12.1 Å². The van der Waals surface area contributed by atoms with Gasteiger partial charge in [0, 0.05) is 42.5 Å². The summed E-state index contributed by atoms with van der Waals surface area (Å²) in [7, 11) is 0. The first-order chi connectivity index (χ1) is 17.7. The molecule has 1 N–H and O–H groups in total. The van der Waals surface area contributed by atoms with E-state index in [9.17, 15) is 9.90 Å². The van der Waals surface area contributed by atoms with Gasteiger partial charge in [0.1, 0.15) is 17.2 Å². The highest BCUT2D eigenvalue weighted by molar-refractivity contribution is 5.88. The van der Waals surface area contributed by atoms with Crippen LogP contribution in [0.2, 0.25) is 0 Å². The lowest BCUT2D eigenvalue weighted by Crippen LogP contribution is -2.48. The average molecular weight is 508 g/mol. The van der Waals surface area contributed by atoms with E-state index in [1.807, 2.05) is 19.1 Å². The third-order valence-corrected chi connectivity index (χ3v) is 9.28. The smallest absolute Gasteiger partial charge is 0.335 e. The Bertz CT molecular complexity index is 1290. The Morgan fingerprint density at radius 2 is 1.41 bits per heavy atom. The summed E-state index contributed by atoms with van der Waals surface area (Å²) in [6.45, 7) is 10.8. The number of carboxylic acids is 1. The van der Waals surface area contributed by atoms with Crippen molar-refractivity contribution < 1.29 is 33.6 Å². The van der Waals surface area contributed by atoms with E-state index in [4.69, 9.17) is 23.7 Å². The van der Waals surface area contributed by atoms with Gasteiger partial charge in [-0.2, -0.15) is 0 Å². The molecule has 0 aliphatic carbocycles. The van der Waals surface area contributed by atoms with Gasteiger partial charge in [-0.1, -0.05) is 13.8 Å². The van der Waals surface area contributed by atoms with Gasteiger partial charge in [-0.15, -0.1) is 0 Å². The number of hydrogen-bond acceptors (Lipinski definition) is 7. The van der Waals surface area contributed by atoms with Gasteiger partial charge in [0.05, 0.1) is 30.9 Å². The molecule has 0 spiro atoms. The molecule has 0 amide bonds. The fourth-order valence-corrected chi connectivity index (χ4v) is 7.05. The Labute approximate surface area is 216 Å². The second kappa shape index (κ2) is 7.77. The van der Waals surface area contributed by atoms with E-state index < -0.39 is 17.5 Å². The van der Waals surface area contributed by atoms with Crippen LogP contribution >= 0.6 is 0 Å². The zero-order valence-corrected chi connectivity index (χ0v) is 21.7. The molecule has 196 valence electrons. The molecule has 2 aromatic carbocycles. The Kier molecular flexibility index (Phi) is 4.87. The fraction of sp³-hybridized carbons (Fsp3) is 0.552. The van der Waals surface area contributed by atoms with Crippen molar-refractivity contribution in [3.05, 3.63) is 46.5 Å². The summed E-state index contributed by atoms with van der Waals surface area (Å²) in [6.07, 6.45) is 1.65. The second-order valence-electron chi connectivity index (χ2n) is 11.7. The monoisotopic (exact) mass is 507 g/mol. The van der Waals surface area contributed by atoms with Crippen LogP contribution in [0.3, 0.4) is 0 Å². The summed E-state index contributed by atoms with van der Waals surface area (Å²) < 4.78 is 32.4. The van der Waals surface area contributed by atoms with Crippen molar-refractivity contribution in [1.29, 1.82) is 0 Å². The third-order valence-electron chi connectivity index (χ3n) is 9.28. The standard InChI is InChI=1S/C29H33NO7/c1-15-12-34-28(3)22(15)9-19-24-21(11-30(14-33-24)18-7-5-17(6-8-18)27(31)32)26-20(25(19)36-28)10-23-16(2)13-35-29(23,4)37-26/h5-8,15-16,22-23H,9-14H2,1-4H3,(H,31,32)/t15-,16-,22+,23+,28+,29+/m0/s1. The fourth-order valence-electron chi connectivity index (χ4n) is 7.05. The summed E-state index contributed by atoms with van der Waals surface area (Å²) in [5, 5.41) is 9.29. The van der Waals surface area contributed by atoms with Gasteiger partial charge in [0.25, 0.3) is 0 Å². The van der Waals surface area contributed by atoms with Gasteiger partial charge in [-0.3, -0.25) is 0 Å². The molecule has 0 unspecified atom stereocenters. The molecule has 2 aromatic rings. The molecule has 0 bridgehead atoms. The molecule has 8 nitrogen and oxygen atoms in total. The van der Waals surface area contributed by atoms with Crippen LogP contribution < -0.4 is 19.1 Å². The number of carboxylic acid groups (broad SMARTS) is 1. The highest BCUT2D eigenvalue weighted by Crippen LogP contribution is 2.58. The predicted octanol–water partition coefficient (Wildman–Crippen LogP) is 4.61. The number of nitrogens with zero attached hydrogens (tertiary/aromatic N) is 1. The van der Waals surface area contributed by atoms with Gasteiger partial charge >= 0.3 is 5.97 Å². The minimum atomic E-state index is -0.938. The van der Waals surface area contributed by atoms with Crippen molar-refractivity contribution in [3.8, 4) is 17.2 Å². The molecule has 0 radical (unpaired) electrons. The van der Waals surface area contributed by atoms with E-state index in [2.05, 4.69) is 25.7 Å². The second-order valence-corrected chi connectivity index (χ2v) is 11.7. The zero-order valence-electron chi connectivity index (χ0n) is 21.7. The highest BCUT2D eigenvalue weighted by Gasteiger charge is 2.55. The lowest BCUT2D eigenvalue weighted by molar-refractivity contribution is -0.174. The maximum Gasteiger partial charge on any atom is 0.335 e. The molecular weight excluding hydrogens is 474 g/mol. The first kappa shape index (κ1) is 23.2. The van der Waals surface area contributed by atoms with Crippen LogP contribution in [0, 0.1) is 23.7 Å². The molecule has 2 saturated heterocycles. The Hall–Kier alpha value is -2.97. The highest BCUT2D eigenvalue weighted by atomic mass is 16.7. The zero-order chi connectivity index (χ0) is 25.7. The number of rotatable bonds is 2. The number of fused-ring (bicyclic) bond motifs is 8. The van der Waals surface area contributed by atoms with E-state index in [1.165, 1.54) is 0 Å². The van der Waals surface area contributed by atoms with Crippen LogP contribution in [0.5, 0.6) is 17.2 Å². The minimum absolute atomic E-state index is 0.226. The summed E-state index contributed by atoms with van der Waals surface area (Å²) >= 11 is 0. The third kappa shape index (κ3) is 3.31. The summed E-state index contributed by atoms with van der Waals surface area (Å²) in [4.78, 5) is 13.4. The maximum atomic E-state index is 11.3. The number of carbonyl (C=O) groups is 1. The molecular formula is C29H33NO7. The Morgan fingerprint density at radius 1 is 0.865 bits per heavy atom. The molecule has 0 aromatic heterocycles. The molecule has 8 heteroatoms. The summed E-state index contributed by atoms with van der Waals surface area (Å²) in [6, 6.07) is 6.91. The van der Waals surface area contributed by atoms with Gasteiger partial charge < -0.3 is 33.7 Å². The van der Waals surface area contributed by atoms with Crippen molar-refractivity contribution in [2.45, 2.75) is 58.7 Å². The summed E-state index contributed by atoms with van der Waals surface area (Å²) in [5.41, 5.74) is 4.37. The maximum absolute atomic E-state index is 11.3. The quantitative estimate of drug-likeness (QED) is 0.631. The largest absolute Gasteiger partial charge is 0.478 e. The number of hydrogen-bond donors (Lipinski definition) is 1. The Balaban J connectivity index is 1.35. The van der Waals surface area contributed by atoms with Crippen LogP contribution in [0.1, 0.15) is 54.7 Å². The molecule has 7 rings (SSSR count). The predicted molar refractivity (Wildman–Crippen MR) is 134 cm³/mol. The lowest BCUT2D eigenvalue weighted by atomic mass is 9.77. The first-order valence-corrected chi connectivity index (χ1v) is 13.2. The molecule has 0 saturated carbocycles. The van der Waals surface area contributed by atoms with Crippen LogP contribution in [0.4, 0.5) is 5.69 Å². The SMILES string of the molecule is C[C@H]1CO[C@]2(C)Oc3c(c4c(c5c3C[C@@H]3[C@@H](C)CO[C@]3(C)O5)CN(c3ccc(C(=O)O)cc3)CO4)C[C@H]12. The van der Waals surface area contributed by atoms with Crippen molar-refractivity contribution in [2.24, 2.45) is 23.7 Å². The van der Waals surface area contributed by atoms with Gasteiger partial charge in [0.2, 0.25) is 11.6 Å². The van der Waals surface area contributed by atoms with Crippen molar-refractivity contribution in [2.75, 3.05) is 24.8 Å². The van der Waals surface area contributed by atoms with Gasteiger partial charge in [-0.05, 0) is 48.9 Å². The number of aromatic carboxylic acids is 1. The van der Waals surface area contributed by atoms with Crippen molar-refractivity contribution in [1.82, 2.24) is 0 Å². The van der Waals surface area contributed by atoms with Crippen molar-refractivity contribution in [3.63, 3.8) is 0 Å². The summed E-state index contributed by atoms with van der Waals surface area (Å²) in [5.74, 6) is 1.45. The molecule has 6 atom stereocenters. The minimum Gasteiger partial charge on any atom is -0.478 e. The lowest BCUT2D eigenvalue weighted by Gasteiger charge is -2.45. The molecule has 5 aliphatic heterocycles. The van der Waals surface area contributed by atoms with Gasteiger partial charge in [-0.25, -0.2) is 4.79 Å². The van der Waals surface area contributed by atoms with E-state index >= 15 is 0 Å². The van der Waals surface area contributed by atoms with Gasteiger partial charge in [0.15, 0.2) is 6.73 Å². The van der Waals surface area contributed by atoms with Crippen LogP contribution in [-0.4, -0.2) is 42.6 Å². The molecule has 2 fully saturated rings. The van der Waals surface area contributed by atoms with E-state index in [-0.39, 0.29) is 17.4 Å². The van der Waals surface area contributed by atoms with E-state index in [0.29, 0.717) is 38.3 Å². The van der Waals surface area contributed by atoms with Crippen LogP contribution in [-0.2, 0) is 28.9 Å². The topological polar surface area (TPSA) is 86.7 Å². The average Bonchev–Trinajstić information content (AvgIpc) is 3.35. The first-order valence-electron chi connectivity index (χ1n) is 13.2. The number of benzene rings is 2. The Morgan fingerprint density at radius 3 is 1.97 bits per heavy atom. The van der Waals surface area contributed by atoms with Crippen LogP contribution in [0.25, 0.3) is 0 Å².